The summed E-state index contributed by atoms with van der Waals surface area (Å²) < 4.78 is 30.5. The maximum Gasteiger partial charge on any atom is 0.151 e. The van der Waals surface area contributed by atoms with Gasteiger partial charge in [0, 0.05) is 34.1 Å². The zero-order chi connectivity index (χ0) is 19.7. The van der Waals surface area contributed by atoms with Crippen molar-refractivity contribution in [3.05, 3.63) is 64.0 Å². The number of methoxy groups -OCH3 is 1. The van der Waals surface area contributed by atoms with Gasteiger partial charge in [-0.1, -0.05) is 41.9 Å². The van der Waals surface area contributed by atoms with Crippen molar-refractivity contribution in [1.29, 1.82) is 0 Å². The van der Waals surface area contributed by atoms with Gasteiger partial charge in [0.05, 0.1) is 23.6 Å². The van der Waals surface area contributed by atoms with Crippen molar-refractivity contribution in [1.82, 2.24) is 4.90 Å². The number of hydrogen-bond donors (Lipinski definition) is 0. The lowest BCUT2D eigenvalue weighted by molar-refractivity contribution is 0.196. The summed E-state index contributed by atoms with van der Waals surface area (Å²) in [5, 5.41) is 1.84. The van der Waals surface area contributed by atoms with Gasteiger partial charge in [-0.3, -0.25) is 4.90 Å². The summed E-state index contributed by atoms with van der Waals surface area (Å²) >= 11 is 8.34. The third-order valence-corrected chi connectivity index (χ3v) is 8.67. The van der Waals surface area contributed by atoms with Crippen molar-refractivity contribution in [3.63, 3.8) is 0 Å². The van der Waals surface area contributed by atoms with E-state index < -0.39 is 9.84 Å². The Morgan fingerprint density at radius 2 is 1.89 bits per heavy atom. The minimum Gasteiger partial charge on any atom is -0.497 e. The molecule has 0 amide bonds. The van der Waals surface area contributed by atoms with Crippen molar-refractivity contribution in [2.24, 2.45) is 0 Å². The fraction of sp³-hybridized carbons (Fsp3) is 0.333. The molecule has 0 bridgehead atoms. The van der Waals surface area contributed by atoms with Gasteiger partial charge in [0.25, 0.3) is 0 Å². The molecule has 0 spiro atoms. The first kappa shape index (κ1) is 19.7. The molecule has 2 heterocycles. The van der Waals surface area contributed by atoms with Crippen LogP contribution in [0.25, 0.3) is 10.1 Å². The summed E-state index contributed by atoms with van der Waals surface area (Å²) in [6, 6.07) is 16.0. The molecule has 1 atom stereocenters. The van der Waals surface area contributed by atoms with Gasteiger partial charge in [0.1, 0.15) is 5.75 Å². The number of sulfone groups is 1. The topological polar surface area (TPSA) is 46.6 Å². The lowest BCUT2D eigenvalue weighted by Crippen LogP contribution is -2.35. The lowest BCUT2D eigenvalue weighted by atomic mass is 10.1. The number of ether oxygens (including phenoxy) is 1. The van der Waals surface area contributed by atoms with E-state index in [2.05, 4.69) is 11.0 Å². The molecule has 2 aromatic carbocycles. The normalized spacial score (nSPS) is 18.8. The molecular weight excluding hydrogens is 414 g/mol. The Morgan fingerprint density at radius 1 is 1.14 bits per heavy atom. The third kappa shape index (κ3) is 4.20. The van der Waals surface area contributed by atoms with E-state index in [-0.39, 0.29) is 17.5 Å². The minimum atomic E-state index is -2.96. The maximum absolute atomic E-state index is 12.1. The summed E-state index contributed by atoms with van der Waals surface area (Å²) in [6.45, 7) is 1.32. The van der Waals surface area contributed by atoms with E-state index in [0.717, 1.165) is 31.3 Å². The highest BCUT2D eigenvalue weighted by Crippen LogP contribution is 2.37. The first-order chi connectivity index (χ1) is 13.4. The largest absolute Gasteiger partial charge is 0.497 e. The van der Waals surface area contributed by atoms with Crippen molar-refractivity contribution in [2.75, 3.05) is 18.6 Å². The van der Waals surface area contributed by atoms with Crippen LogP contribution in [0.4, 0.5) is 0 Å². The number of rotatable bonds is 6. The highest BCUT2D eigenvalue weighted by Gasteiger charge is 2.33. The standard InChI is InChI=1S/C21H22ClNO3S2/c1-26-17-8-6-15(7-9-17)12-23(16-10-11-28(24,25)14-16)13-20-21(22)18-4-2-3-5-19(18)27-20/h2-9,16H,10-14H2,1H3/t16-/m0/s1. The zero-order valence-corrected chi connectivity index (χ0v) is 18.0. The first-order valence-corrected chi connectivity index (χ1v) is 12.2. The van der Waals surface area contributed by atoms with Crippen LogP contribution in [0.1, 0.15) is 16.9 Å². The molecule has 1 fully saturated rings. The van der Waals surface area contributed by atoms with Crippen LogP contribution in [0.2, 0.25) is 5.02 Å². The highest BCUT2D eigenvalue weighted by molar-refractivity contribution is 7.91. The number of nitrogens with zero attached hydrogens (tertiary/aromatic N) is 1. The maximum atomic E-state index is 12.1. The molecule has 0 unspecified atom stereocenters. The number of halogens is 1. The Balaban J connectivity index is 1.62. The van der Waals surface area contributed by atoms with E-state index >= 15 is 0 Å². The average molecular weight is 436 g/mol. The Kier molecular flexibility index (Phi) is 5.65. The van der Waals surface area contributed by atoms with Crippen molar-refractivity contribution >= 4 is 42.9 Å². The van der Waals surface area contributed by atoms with Crippen molar-refractivity contribution in [2.45, 2.75) is 25.6 Å². The molecule has 0 N–H and O–H groups in total. The second-order valence-corrected chi connectivity index (χ2v) is 10.9. The second-order valence-electron chi connectivity index (χ2n) is 7.15. The number of benzene rings is 2. The summed E-state index contributed by atoms with van der Waals surface area (Å²) in [7, 11) is -1.31. The van der Waals surface area contributed by atoms with E-state index in [1.54, 1.807) is 18.4 Å². The third-order valence-electron chi connectivity index (χ3n) is 5.22. The van der Waals surface area contributed by atoms with E-state index in [4.69, 9.17) is 16.3 Å². The number of hydrogen-bond acceptors (Lipinski definition) is 5. The SMILES string of the molecule is COc1ccc(CN(Cc2sc3ccccc3c2Cl)[C@H]2CCS(=O)(=O)C2)cc1. The van der Waals surface area contributed by atoms with E-state index in [1.807, 2.05) is 42.5 Å². The first-order valence-electron chi connectivity index (χ1n) is 9.18. The van der Waals surface area contributed by atoms with Gasteiger partial charge in [-0.25, -0.2) is 8.42 Å². The molecule has 28 heavy (non-hydrogen) atoms. The minimum absolute atomic E-state index is 0.00776. The van der Waals surface area contributed by atoms with Crippen LogP contribution >= 0.6 is 22.9 Å². The Morgan fingerprint density at radius 3 is 2.54 bits per heavy atom. The molecule has 1 aliphatic rings. The van der Waals surface area contributed by atoms with Crippen LogP contribution in [0.15, 0.2) is 48.5 Å². The van der Waals surface area contributed by atoms with Gasteiger partial charge in [0.2, 0.25) is 0 Å². The number of fused-ring (bicyclic) bond motifs is 1. The lowest BCUT2D eigenvalue weighted by Gasteiger charge is -2.28. The Hall–Kier alpha value is -1.60. The molecule has 0 radical (unpaired) electrons. The van der Waals surface area contributed by atoms with Crippen molar-refractivity contribution < 1.29 is 13.2 Å². The molecule has 4 nitrogen and oxygen atoms in total. The number of thiophene rings is 1. The van der Waals surface area contributed by atoms with Crippen LogP contribution in [-0.4, -0.2) is 38.0 Å². The van der Waals surface area contributed by atoms with Crippen LogP contribution in [-0.2, 0) is 22.9 Å². The fourth-order valence-corrected chi connectivity index (χ4v) is 6.97. The molecule has 0 aliphatic carbocycles. The molecule has 1 aromatic heterocycles. The van der Waals surface area contributed by atoms with Crippen LogP contribution in [0, 0.1) is 0 Å². The predicted octanol–water partition coefficient (Wildman–Crippen LogP) is 4.75. The zero-order valence-electron chi connectivity index (χ0n) is 15.6. The predicted molar refractivity (Wildman–Crippen MR) is 116 cm³/mol. The van der Waals surface area contributed by atoms with Gasteiger partial charge in [-0.2, -0.15) is 0 Å². The summed E-state index contributed by atoms with van der Waals surface area (Å²) in [5.74, 6) is 1.29. The fourth-order valence-electron chi connectivity index (χ4n) is 3.69. The highest BCUT2D eigenvalue weighted by atomic mass is 35.5. The van der Waals surface area contributed by atoms with Gasteiger partial charge >= 0.3 is 0 Å². The van der Waals surface area contributed by atoms with Crippen LogP contribution in [0.5, 0.6) is 5.75 Å². The Labute approximate surface area is 174 Å². The Bertz CT molecular complexity index is 1080. The quantitative estimate of drug-likeness (QED) is 0.560. The van der Waals surface area contributed by atoms with Gasteiger partial charge in [0.15, 0.2) is 9.84 Å². The molecule has 148 valence electrons. The molecule has 1 aliphatic heterocycles. The van der Waals surface area contributed by atoms with Gasteiger partial charge in [-0.05, 0) is 30.2 Å². The molecule has 0 saturated carbocycles. The smallest absolute Gasteiger partial charge is 0.151 e. The van der Waals surface area contributed by atoms with Crippen molar-refractivity contribution in [3.8, 4) is 5.75 Å². The molecule has 3 aromatic rings. The molecular formula is C21H22ClNO3S2. The second kappa shape index (κ2) is 8.03. The van der Waals surface area contributed by atoms with Gasteiger partial charge in [-0.15, -0.1) is 11.3 Å². The molecule has 7 heteroatoms. The average Bonchev–Trinajstić information content (AvgIpc) is 3.21. The van der Waals surface area contributed by atoms with E-state index in [1.165, 1.54) is 0 Å². The summed E-state index contributed by atoms with van der Waals surface area (Å²) in [4.78, 5) is 3.34. The van der Waals surface area contributed by atoms with E-state index in [9.17, 15) is 8.42 Å². The molecule has 4 rings (SSSR count). The van der Waals surface area contributed by atoms with Crippen LogP contribution < -0.4 is 4.74 Å². The van der Waals surface area contributed by atoms with Crippen LogP contribution in [0.3, 0.4) is 0 Å². The van der Waals surface area contributed by atoms with E-state index in [0.29, 0.717) is 19.5 Å². The summed E-state index contributed by atoms with van der Waals surface area (Å²) in [6.07, 6.45) is 0.668. The van der Waals surface area contributed by atoms with Gasteiger partial charge < -0.3 is 4.74 Å². The summed E-state index contributed by atoms with van der Waals surface area (Å²) in [5.41, 5.74) is 1.13. The monoisotopic (exact) mass is 435 g/mol. The molecule has 1 saturated heterocycles.